The maximum atomic E-state index is 5.04. The molecule has 1 aromatic rings. The van der Waals surface area contributed by atoms with Crippen molar-refractivity contribution in [3.05, 3.63) is 34.9 Å². The lowest BCUT2D eigenvalue weighted by molar-refractivity contribution is 0.900. The van der Waals surface area contributed by atoms with Crippen LogP contribution in [0.4, 0.5) is 0 Å². The average molecular weight is 249 g/mol. The third-order valence-corrected chi connectivity index (χ3v) is 2.82. The summed E-state index contributed by atoms with van der Waals surface area (Å²) in [6.45, 7) is 8.95. The molecule has 0 spiro atoms. The Morgan fingerprint density at radius 1 is 1.29 bits per heavy atom. The number of nitrogens with one attached hydrogen (secondary N) is 2. The zero-order valence-corrected chi connectivity index (χ0v) is 11.6. The molecule has 0 amide bonds. The van der Waals surface area contributed by atoms with Crippen LogP contribution in [0.15, 0.2) is 23.3 Å². The number of nitrogens with zero attached hydrogens (tertiary/aromatic N) is 1. The molecule has 0 radical (unpaired) electrons. The molecule has 3 nitrogen and oxygen atoms in total. The minimum atomic E-state index is 0.552. The van der Waals surface area contributed by atoms with Gasteiger partial charge in [-0.25, -0.2) is 0 Å². The van der Waals surface area contributed by atoms with E-state index in [0.29, 0.717) is 5.11 Å². The van der Waals surface area contributed by atoms with E-state index in [1.54, 1.807) is 0 Å². The summed E-state index contributed by atoms with van der Waals surface area (Å²) in [6, 6.07) is 6.30. The molecule has 0 unspecified atom stereocenters. The average Bonchev–Trinajstić information content (AvgIpc) is 2.30. The fraction of sp³-hybridized carbons (Fsp3) is 0.385. The Balaban J connectivity index is 2.74. The van der Waals surface area contributed by atoms with Crippen molar-refractivity contribution in [1.29, 1.82) is 0 Å². The lowest BCUT2D eigenvalue weighted by Gasteiger charge is -2.07. The first-order chi connectivity index (χ1) is 8.04. The number of benzene rings is 1. The highest BCUT2D eigenvalue weighted by Gasteiger charge is 2.00. The number of thiocarbonyl (C=S) groups is 1. The second-order valence-corrected chi connectivity index (χ2v) is 4.38. The molecular weight excluding hydrogens is 230 g/mol. The molecule has 1 rings (SSSR count). The van der Waals surface area contributed by atoms with Crippen LogP contribution in [-0.2, 0) is 0 Å². The summed E-state index contributed by atoms with van der Waals surface area (Å²) < 4.78 is 0. The molecular formula is C13H19N3S. The quantitative estimate of drug-likeness (QED) is 0.491. The van der Waals surface area contributed by atoms with Crippen LogP contribution < -0.4 is 10.7 Å². The van der Waals surface area contributed by atoms with Gasteiger partial charge in [-0.3, -0.25) is 5.43 Å². The number of rotatable bonds is 3. The Bertz CT molecular complexity index is 438. The second-order valence-electron chi connectivity index (χ2n) is 3.97. The summed E-state index contributed by atoms with van der Waals surface area (Å²) in [5.74, 6) is 0. The molecule has 0 heterocycles. The van der Waals surface area contributed by atoms with Crippen LogP contribution >= 0.6 is 12.2 Å². The van der Waals surface area contributed by atoms with E-state index >= 15 is 0 Å². The number of hydrazone groups is 1. The first-order valence-electron chi connectivity index (χ1n) is 5.70. The molecule has 0 bridgehead atoms. The van der Waals surface area contributed by atoms with E-state index in [0.717, 1.165) is 17.8 Å². The van der Waals surface area contributed by atoms with Crippen LogP contribution in [0.1, 0.15) is 30.5 Å². The Labute approximate surface area is 108 Å². The van der Waals surface area contributed by atoms with Crippen LogP contribution in [0.25, 0.3) is 0 Å². The van der Waals surface area contributed by atoms with Gasteiger partial charge in [0.1, 0.15) is 0 Å². The Morgan fingerprint density at radius 3 is 2.59 bits per heavy atom. The third kappa shape index (κ3) is 4.15. The van der Waals surface area contributed by atoms with Crippen molar-refractivity contribution < 1.29 is 0 Å². The van der Waals surface area contributed by atoms with Gasteiger partial charge in [-0.2, -0.15) is 5.10 Å². The SMILES string of the molecule is CCNC(=S)NN=C(C)c1ccc(C)c(C)c1. The van der Waals surface area contributed by atoms with E-state index in [2.05, 4.69) is 47.9 Å². The monoisotopic (exact) mass is 249 g/mol. The maximum absolute atomic E-state index is 5.04. The van der Waals surface area contributed by atoms with E-state index in [1.807, 2.05) is 13.8 Å². The lowest BCUT2D eigenvalue weighted by Crippen LogP contribution is -2.32. The molecule has 0 saturated carbocycles. The van der Waals surface area contributed by atoms with Crippen LogP contribution in [0.2, 0.25) is 0 Å². The topological polar surface area (TPSA) is 36.4 Å². The molecule has 17 heavy (non-hydrogen) atoms. The second kappa shape index (κ2) is 6.35. The van der Waals surface area contributed by atoms with Crippen LogP contribution in [0, 0.1) is 13.8 Å². The Morgan fingerprint density at radius 2 is 2.00 bits per heavy atom. The summed E-state index contributed by atoms with van der Waals surface area (Å²) in [5.41, 5.74) is 7.42. The molecule has 2 N–H and O–H groups in total. The van der Waals surface area contributed by atoms with Crippen molar-refractivity contribution in [2.24, 2.45) is 5.10 Å². The first-order valence-corrected chi connectivity index (χ1v) is 6.11. The summed E-state index contributed by atoms with van der Waals surface area (Å²) >= 11 is 5.04. The molecule has 0 aromatic heterocycles. The molecule has 1 aromatic carbocycles. The van der Waals surface area contributed by atoms with Crippen molar-refractivity contribution >= 4 is 23.0 Å². The molecule has 0 atom stereocenters. The Kier molecular flexibility index (Phi) is 5.10. The van der Waals surface area contributed by atoms with Gasteiger partial charge < -0.3 is 5.32 Å². The van der Waals surface area contributed by atoms with Gasteiger partial charge in [-0.1, -0.05) is 12.1 Å². The maximum Gasteiger partial charge on any atom is 0.186 e. The summed E-state index contributed by atoms with van der Waals surface area (Å²) in [7, 11) is 0. The van der Waals surface area contributed by atoms with E-state index in [9.17, 15) is 0 Å². The van der Waals surface area contributed by atoms with Crippen molar-refractivity contribution in [2.45, 2.75) is 27.7 Å². The van der Waals surface area contributed by atoms with Gasteiger partial charge in [0.25, 0.3) is 0 Å². The fourth-order valence-electron chi connectivity index (χ4n) is 1.37. The van der Waals surface area contributed by atoms with Gasteiger partial charge in [-0.05, 0) is 62.7 Å². The summed E-state index contributed by atoms with van der Waals surface area (Å²) in [6.07, 6.45) is 0. The molecule has 0 aliphatic heterocycles. The van der Waals surface area contributed by atoms with E-state index in [4.69, 9.17) is 12.2 Å². The van der Waals surface area contributed by atoms with Crippen LogP contribution in [-0.4, -0.2) is 17.4 Å². The number of hydrogen-bond donors (Lipinski definition) is 2. The Hall–Kier alpha value is -1.42. The van der Waals surface area contributed by atoms with E-state index in [-0.39, 0.29) is 0 Å². The van der Waals surface area contributed by atoms with Crippen LogP contribution in [0.3, 0.4) is 0 Å². The summed E-state index contributed by atoms with van der Waals surface area (Å²) in [4.78, 5) is 0. The normalized spacial score (nSPS) is 11.2. The van der Waals surface area contributed by atoms with Crippen molar-refractivity contribution in [1.82, 2.24) is 10.7 Å². The van der Waals surface area contributed by atoms with Gasteiger partial charge >= 0.3 is 0 Å². The molecule has 0 aliphatic carbocycles. The fourth-order valence-corrected chi connectivity index (χ4v) is 1.56. The van der Waals surface area contributed by atoms with E-state index in [1.165, 1.54) is 11.1 Å². The van der Waals surface area contributed by atoms with Crippen LogP contribution in [0.5, 0.6) is 0 Å². The summed E-state index contributed by atoms with van der Waals surface area (Å²) in [5, 5.41) is 7.78. The molecule has 0 fully saturated rings. The highest BCUT2D eigenvalue weighted by atomic mass is 32.1. The lowest BCUT2D eigenvalue weighted by atomic mass is 10.0. The van der Waals surface area contributed by atoms with Crippen molar-refractivity contribution in [3.63, 3.8) is 0 Å². The van der Waals surface area contributed by atoms with Gasteiger partial charge in [0, 0.05) is 6.54 Å². The molecule has 92 valence electrons. The van der Waals surface area contributed by atoms with Crippen molar-refractivity contribution in [3.8, 4) is 0 Å². The molecule has 0 saturated heterocycles. The van der Waals surface area contributed by atoms with E-state index < -0.39 is 0 Å². The molecule has 4 heteroatoms. The number of hydrogen-bond acceptors (Lipinski definition) is 2. The minimum Gasteiger partial charge on any atom is -0.362 e. The largest absolute Gasteiger partial charge is 0.362 e. The minimum absolute atomic E-state index is 0.552. The van der Waals surface area contributed by atoms with Gasteiger partial charge in [0.15, 0.2) is 5.11 Å². The molecule has 0 aliphatic rings. The zero-order chi connectivity index (χ0) is 12.8. The predicted molar refractivity (Wildman–Crippen MR) is 77.5 cm³/mol. The predicted octanol–water partition coefficient (Wildman–Crippen LogP) is 2.51. The van der Waals surface area contributed by atoms with Gasteiger partial charge in [-0.15, -0.1) is 0 Å². The smallest absolute Gasteiger partial charge is 0.186 e. The van der Waals surface area contributed by atoms with Gasteiger partial charge in [0.2, 0.25) is 0 Å². The third-order valence-electron chi connectivity index (χ3n) is 2.59. The standard InChI is InChI=1S/C13H19N3S/c1-5-14-13(17)16-15-11(4)12-7-6-9(2)10(3)8-12/h6-8H,5H2,1-4H3,(H2,14,16,17). The van der Waals surface area contributed by atoms with Crippen molar-refractivity contribution in [2.75, 3.05) is 6.54 Å². The highest BCUT2D eigenvalue weighted by Crippen LogP contribution is 2.10. The first kappa shape index (κ1) is 13.6. The van der Waals surface area contributed by atoms with Gasteiger partial charge in [0.05, 0.1) is 5.71 Å². The zero-order valence-electron chi connectivity index (χ0n) is 10.8. The highest BCUT2D eigenvalue weighted by molar-refractivity contribution is 7.80. The number of aryl methyl sites for hydroxylation is 2.